The molecule has 1 heterocycles. The average molecular weight is 354 g/mol. The highest BCUT2D eigenvalue weighted by Crippen LogP contribution is 2.33. The Labute approximate surface area is 154 Å². The lowest BCUT2D eigenvalue weighted by atomic mass is 9.98. The van der Waals surface area contributed by atoms with E-state index in [-0.39, 0.29) is 5.91 Å². The number of carbonyl (C=O) groups excluding carboxylic acids is 1. The van der Waals surface area contributed by atoms with Gasteiger partial charge < -0.3 is 14.8 Å². The second kappa shape index (κ2) is 8.72. The molecule has 0 atom stereocenters. The molecule has 138 valence electrons. The molecule has 0 radical (unpaired) electrons. The molecule has 1 aliphatic rings. The molecule has 0 saturated heterocycles. The second-order valence-electron chi connectivity index (χ2n) is 6.51. The molecule has 0 fully saturated rings. The number of nitrogens with one attached hydrogen (secondary N) is 1. The molecule has 0 unspecified atom stereocenters. The van der Waals surface area contributed by atoms with Gasteiger partial charge in [-0.2, -0.15) is 0 Å². The fraction of sp³-hybridized carbons (Fsp3) is 0.381. The van der Waals surface area contributed by atoms with Crippen LogP contribution in [0.2, 0.25) is 0 Å². The van der Waals surface area contributed by atoms with Gasteiger partial charge in [0.2, 0.25) is 5.91 Å². The van der Waals surface area contributed by atoms with Gasteiger partial charge in [-0.3, -0.25) is 9.69 Å². The molecule has 0 bridgehead atoms. The van der Waals surface area contributed by atoms with Gasteiger partial charge in [0.1, 0.15) is 0 Å². The van der Waals surface area contributed by atoms with Crippen LogP contribution in [0.4, 0.5) is 0 Å². The Bertz CT molecular complexity index is 746. The zero-order chi connectivity index (χ0) is 18.4. The number of carbonyl (C=O) groups is 1. The zero-order valence-electron chi connectivity index (χ0n) is 15.5. The van der Waals surface area contributed by atoms with E-state index in [1.165, 1.54) is 11.1 Å². The van der Waals surface area contributed by atoms with Crippen LogP contribution in [0.5, 0.6) is 11.5 Å². The maximum absolute atomic E-state index is 12.1. The van der Waals surface area contributed by atoms with Crippen molar-refractivity contribution in [3.05, 3.63) is 59.2 Å². The van der Waals surface area contributed by atoms with Crippen LogP contribution in [0, 0.1) is 0 Å². The lowest BCUT2D eigenvalue weighted by molar-refractivity contribution is -0.121. The normalized spacial score (nSPS) is 13.8. The minimum atomic E-state index is 0.0898. The summed E-state index contributed by atoms with van der Waals surface area (Å²) in [5.41, 5.74) is 3.67. The first-order valence-electron chi connectivity index (χ1n) is 8.96. The molecule has 1 N–H and O–H groups in total. The first-order chi connectivity index (χ1) is 12.7. The Hall–Kier alpha value is -2.53. The molecular formula is C21H26N2O3. The van der Waals surface area contributed by atoms with E-state index in [2.05, 4.69) is 22.3 Å². The van der Waals surface area contributed by atoms with Crippen LogP contribution >= 0.6 is 0 Å². The largest absolute Gasteiger partial charge is 0.493 e. The molecule has 0 spiro atoms. The van der Waals surface area contributed by atoms with E-state index in [1.807, 2.05) is 30.3 Å². The monoisotopic (exact) mass is 354 g/mol. The van der Waals surface area contributed by atoms with Gasteiger partial charge >= 0.3 is 0 Å². The number of fused-ring (bicyclic) bond motifs is 1. The Morgan fingerprint density at radius 3 is 2.46 bits per heavy atom. The summed E-state index contributed by atoms with van der Waals surface area (Å²) in [6.07, 6.45) is 1.47. The van der Waals surface area contributed by atoms with Crippen LogP contribution in [0.1, 0.15) is 23.1 Å². The summed E-state index contributed by atoms with van der Waals surface area (Å²) >= 11 is 0. The smallest absolute Gasteiger partial charge is 0.221 e. The molecule has 2 aromatic carbocycles. The van der Waals surface area contributed by atoms with Crippen LogP contribution < -0.4 is 14.8 Å². The highest BCUT2D eigenvalue weighted by atomic mass is 16.5. The minimum absolute atomic E-state index is 0.0898. The summed E-state index contributed by atoms with van der Waals surface area (Å²) in [7, 11) is 3.31. The van der Waals surface area contributed by atoms with Crippen LogP contribution in [0.25, 0.3) is 0 Å². The lowest BCUT2D eigenvalue weighted by Gasteiger charge is -2.29. The summed E-state index contributed by atoms with van der Waals surface area (Å²) in [5.74, 6) is 1.63. The Morgan fingerprint density at radius 1 is 1.08 bits per heavy atom. The van der Waals surface area contributed by atoms with E-state index in [0.29, 0.717) is 13.0 Å². The van der Waals surface area contributed by atoms with Crippen molar-refractivity contribution in [1.29, 1.82) is 0 Å². The molecule has 3 rings (SSSR count). The molecule has 0 saturated carbocycles. The number of ether oxygens (including phenoxy) is 2. The average Bonchev–Trinajstić information content (AvgIpc) is 2.70. The fourth-order valence-corrected chi connectivity index (χ4v) is 3.28. The van der Waals surface area contributed by atoms with Gasteiger partial charge in [-0.15, -0.1) is 0 Å². The van der Waals surface area contributed by atoms with Gasteiger partial charge in [-0.1, -0.05) is 30.3 Å². The van der Waals surface area contributed by atoms with E-state index in [9.17, 15) is 4.79 Å². The van der Waals surface area contributed by atoms with Crippen molar-refractivity contribution >= 4 is 5.91 Å². The topological polar surface area (TPSA) is 50.8 Å². The number of amides is 1. The number of nitrogens with zero attached hydrogens (tertiary/aromatic N) is 1. The van der Waals surface area contributed by atoms with Crippen LogP contribution in [-0.4, -0.2) is 38.1 Å². The lowest BCUT2D eigenvalue weighted by Crippen LogP contribution is -2.34. The van der Waals surface area contributed by atoms with Gasteiger partial charge in [0.05, 0.1) is 14.2 Å². The summed E-state index contributed by atoms with van der Waals surface area (Å²) in [5, 5.41) is 2.99. The van der Waals surface area contributed by atoms with E-state index >= 15 is 0 Å². The third-order valence-electron chi connectivity index (χ3n) is 4.78. The third kappa shape index (κ3) is 4.55. The van der Waals surface area contributed by atoms with Gasteiger partial charge in [-0.05, 0) is 35.2 Å². The molecule has 2 aromatic rings. The third-order valence-corrected chi connectivity index (χ3v) is 4.78. The van der Waals surface area contributed by atoms with Crippen molar-refractivity contribution < 1.29 is 14.3 Å². The van der Waals surface area contributed by atoms with Crippen LogP contribution in [-0.2, 0) is 24.3 Å². The van der Waals surface area contributed by atoms with Crippen molar-refractivity contribution in [3.63, 3.8) is 0 Å². The van der Waals surface area contributed by atoms with Crippen LogP contribution in [0.3, 0.4) is 0 Å². The predicted octanol–water partition coefficient (Wildman–Crippen LogP) is 2.77. The van der Waals surface area contributed by atoms with Gasteiger partial charge in [0.25, 0.3) is 0 Å². The SMILES string of the molecule is COc1cc2c(cc1OC)CN(CCC(=O)NCc1ccccc1)CC2. The van der Waals surface area contributed by atoms with Crippen molar-refractivity contribution in [2.24, 2.45) is 0 Å². The number of methoxy groups -OCH3 is 2. The first-order valence-corrected chi connectivity index (χ1v) is 8.96. The van der Waals surface area contributed by atoms with Crippen molar-refractivity contribution in [3.8, 4) is 11.5 Å². The summed E-state index contributed by atoms with van der Waals surface area (Å²) in [6.45, 7) is 3.13. The molecule has 1 amide bonds. The summed E-state index contributed by atoms with van der Waals surface area (Å²) in [4.78, 5) is 14.4. The Kier molecular flexibility index (Phi) is 6.12. The quantitative estimate of drug-likeness (QED) is 0.831. The van der Waals surface area contributed by atoms with E-state index < -0.39 is 0 Å². The number of hydrogen-bond donors (Lipinski definition) is 1. The summed E-state index contributed by atoms with van der Waals surface area (Å²) in [6, 6.07) is 14.1. The highest BCUT2D eigenvalue weighted by Gasteiger charge is 2.19. The van der Waals surface area contributed by atoms with Crippen LogP contribution in [0.15, 0.2) is 42.5 Å². The minimum Gasteiger partial charge on any atom is -0.493 e. The van der Waals surface area contributed by atoms with E-state index in [0.717, 1.165) is 43.1 Å². The van der Waals surface area contributed by atoms with E-state index in [1.54, 1.807) is 14.2 Å². The summed E-state index contributed by atoms with van der Waals surface area (Å²) < 4.78 is 10.8. The van der Waals surface area contributed by atoms with Gasteiger partial charge in [-0.25, -0.2) is 0 Å². The van der Waals surface area contributed by atoms with Gasteiger partial charge in [0.15, 0.2) is 11.5 Å². The first kappa shape index (κ1) is 18.3. The maximum Gasteiger partial charge on any atom is 0.221 e. The molecule has 26 heavy (non-hydrogen) atoms. The number of benzene rings is 2. The Balaban J connectivity index is 1.50. The predicted molar refractivity (Wildman–Crippen MR) is 101 cm³/mol. The second-order valence-corrected chi connectivity index (χ2v) is 6.51. The molecule has 0 aliphatic carbocycles. The van der Waals surface area contributed by atoms with Gasteiger partial charge in [0, 0.05) is 32.6 Å². The standard InChI is InChI=1S/C21H26N2O3/c1-25-19-12-17-8-10-23(15-18(17)13-20(19)26-2)11-9-21(24)22-14-16-6-4-3-5-7-16/h3-7,12-13H,8-11,14-15H2,1-2H3,(H,22,24). The molecule has 5 heteroatoms. The molecular weight excluding hydrogens is 328 g/mol. The number of hydrogen-bond acceptors (Lipinski definition) is 4. The zero-order valence-corrected chi connectivity index (χ0v) is 15.5. The fourth-order valence-electron chi connectivity index (χ4n) is 3.28. The molecule has 5 nitrogen and oxygen atoms in total. The molecule has 0 aromatic heterocycles. The van der Waals surface area contributed by atoms with Crippen molar-refractivity contribution in [1.82, 2.24) is 10.2 Å². The van der Waals surface area contributed by atoms with Crippen molar-refractivity contribution in [2.75, 3.05) is 27.3 Å². The maximum atomic E-state index is 12.1. The Morgan fingerprint density at radius 2 is 1.77 bits per heavy atom. The number of rotatable bonds is 7. The van der Waals surface area contributed by atoms with Crippen molar-refractivity contribution in [2.45, 2.75) is 25.9 Å². The molecule has 1 aliphatic heterocycles. The van der Waals surface area contributed by atoms with E-state index in [4.69, 9.17) is 9.47 Å². The highest BCUT2D eigenvalue weighted by molar-refractivity contribution is 5.76.